The van der Waals surface area contributed by atoms with E-state index in [4.69, 9.17) is 4.74 Å². The maximum atomic E-state index is 9.89. The molecule has 0 radical (unpaired) electrons. The highest BCUT2D eigenvalue weighted by Gasteiger charge is 2.38. The van der Waals surface area contributed by atoms with E-state index >= 15 is 0 Å². The molecule has 200 valence electrons. The molecule has 1 atom stereocenters. The Morgan fingerprint density at radius 3 is 1.18 bits per heavy atom. The summed E-state index contributed by atoms with van der Waals surface area (Å²) >= 11 is 0. The molecule has 1 unspecified atom stereocenters. The van der Waals surface area contributed by atoms with Gasteiger partial charge in [-0.15, -0.1) is 0 Å². The SMILES string of the molecule is CC(C)CCCCCCCCCOC(CCCCCCCCCC(C)C)C(CO)(CO)CO. The van der Waals surface area contributed by atoms with Gasteiger partial charge in [0.25, 0.3) is 0 Å². The molecule has 0 aromatic heterocycles. The molecule has 0 aliphatic carbocycles. The molecular formula is C29H60O4. The molecule has 0 amide bonds. The van der Waals surface area contributed by atoms with Gasteiger partial charge in [0.1, 0.15) is 0 Å². The largest absolute Gasteiger partial charge is 0.396 e. The number of aliphatic hydroxyl groups excluding tert-OH is 3. The molecule has 0 bridgehead atoms. The molecule has 3 N–H and O–H groups in total. The van der Waals surface area contributed by atoms with Gasteiger partial charge in [0.05, 0.1) is 31.3 Å². The second-order valence-electron chi connectivity index (χ2n) is 11.3. The van der Waals surface area contributed by atoms with Crippen LogP contribution < -0.4 is 0 Å². The second kappa shape index (κ2) is 22.3. The Morgan fingerprint density at radius 1 is 0.485 bits per heavy atom. The van der Waals surface area contributed by atoms with Crippen LogP contribution in [0, 0.1) is 17.3 Å². The summed E-state index contributed by atoms with van der Waals surface area (Å²) in [6, 6.07) is 0. The average molecular weight is 473 g/mol. The van der Waals surface area contributed by atoms with Crippen LogP contribution in [0.4, 0.5) is 0 Å². The first-order valence-electron chi connectivity index (χ1n) is 14.4. The molecular weight excluding hydrogens is 412 g/mol. The van der Waals surface area contributed by atoms with Crippen LogP contribution in [0.2, 0.25) is 0 Å². The summed E-state index contributed by atoms with van der Waals surface area (Å²) in [4.78, 5) is 0. The van der Waals surface area contributed by atoms with E-state index in [0.29, 0.717) is 6.61 Å². The zero-order valence-corrected chi connectivity index (χ0v) is 22.8. The Hall–Kier alpha value is -0.160. The molecule has 0 spiro atoms. The van der Waals surface area contributed by atoms with Crippen LogP contribution in [-0.4, -0.2) is 47.9 Å². The first kappa shape index (κ1) is 32.8. The lowest BCUT2D eigenvalue weighted by Gasteiger charge is -2.36. The predicted octanol–water partition coefficient (Wildman–Crippen LogP) is 7.28. The Labute approximate surface area is 206 Å². The van der Waals surface area contributed by atoms with Gasteiger partial charge >= 0.3 is 0 Å². The van der Waals surface area contributed by atoms with Gasteiger partial charge < -0.3 is 20.1 Å². The fourth-order valence-electron chi connectivity index (χ4n) is 4.55. The fraction of sp³-hybridized carbons (Fsp3) is 1.00. The number of aliphatic hydroxyl groups is 3. The molecule has 4 nitrogen and oxygen atoms in total. The van der Waals surface area contributed by atoms with Crippen LogP contribution in [0.5, 0.6) is 0 Å². The summed E-state index contributed by atoms with van der Waals surface area (Å²) in [5.74, 6) is 1.63. The van der Waals surface area contributed by atoms with Crippen molar-refractivity contribution in [2.24, 2.45) is 17.3 Å². The van der Waals surface area contributed by atoms with Crippen molar-refractivity contribution < 1.29 is 20.1 Å². The standard InChI is InChI=1S/C29H60O4/c1-26(2)19-15-11-7-5-9-13-17-21-28(29(23-30,24-31)25-32)33-22-18-14-10-6-8-12-16-20-27(3)4/h26-28,30-32H,5-25H2,1-4H3. The Kier molecular flexibility index (Phi) is 22.2. The minimum Gasteiger partial charge on any atom is -0.396 e. The lowest BCUT2D eigenvalue weighted by molar-refractivity contribution is -0.117. The number of ether oxygens (including phenoxy) is 1. The molecule has 0 fully saturated rings. The average Bonchev–Trinajstić information content (AvgIpc) is 2.79. The monoisotopic (exact) mass is 472 g/mol. The van der Waals surface area contributed by atoms with E-state index in [1.165, 1.54) is 77.0 Å². The van der Waals surface area contributed by atoms with Gasteiger partial charge in [-0.2, -0.15) is 0 Å². The van der Waals surface area contributed by atoms with Crippen molar-refractivity contribution in [3.8, 4) is 0 Å². The van der Waals surface area contributed by atoms with Crippen molar-refractivity contribution in [2.75, 3.05) is 26.4 Å². The van der Waals surface area contributed by atoms with Crippen LogP contribution in [0.1, 0.15) is 137 Å². The molecule has 0 aromatic carbocycles. The van der Waals surface area contributed by atoms with Crippen LogP contribution >= 0.6 is 0 Å². The van der Waals surface area contributed by atoms with Gasteiger partial charge in [-0.3, -0.25) is 0 Å². The van der Waals surface area contributed by atoms with Crippen molar-refractivity contribution in [3.05, 3.63) is 0 Å². The molecule has 0 aliphatic rings. The Bertz CT molecular complexity index is 385. The van der Waals surface area contributed by atoms with E-state index in [9.17, 15) is 15.3 Å². The van der Waals surface area contributed by atoms with Crippen molar-refractivity contribution in [1.29, 1.82) is 0 Å². The minimum atomic E-state index is -0.937. The van der Waals surface area contributed by atoms with Crippen LogP contribution in [0.3, 0.4) is 0 Å². The van der Waals surface area contributed by atoms with E-state index in [0.717, 1.165) is 43.9 Å². The highest BCUT2D eigenvalue weighted by atomic mass is 16.5. The third-order valence-electron chi connectivity index (χ3n) is 7.12. The molecule has 0 heterocycles. The summed E-state index contributed by atoms with van der Waals surface area (Å²) in [6.45, 7) is 9.10. The van der Waals surface area contributed by atoms with Gasteiger partial charge in [-0.25, -0.2) is 0 Å². The molecule has 4 heteroatoms. The van der Waals surface area contributed by atoms with Gasteiger partial charge in [0.2, 0.25) is 0 Å². The normalized spacial score (nSPS) is 13.4. The van der Waals surface area contributed by atoms with Crippen LogP contribution in [-0.2, 0) is 4.74 Å². The minimum absolute atomic E-state index is 0.239. The van der Waals surface area contributed by atoms with Crippen molar-refractivity contribution in [1.82, 2.24) is 0 Å². The van der Waals surface area contributed by atoms with E-state index in [-0.39, 0.29) is 25.9 Å². The van der Waals surface area contributed by atoms with E-state index in [2.05, 4.69) is 27.7 Å². The van der Waals surface area contributed by atoms with Gasteiger partial charge in [0.15, 0.2) is 0 Å². The molecule has 0 aliphatic heterocycles. The zero-order chi connectivity index (χ0) is 24.8. The number of unbranched alkanes of at least 4 members (excludes halogenated alkanes) is 12. The van der Waals surface area contributed by atoms with E-state index < -0.39 is 5.41 Å². The Morgan fingerprint density at radius 2 is 0.818 bits per heavy atom. The second-order valence-corrected chi connectivity index (χ2v) is 11.3. The van der Waals surface area contributed by atoms with E-state index in [1.54, 1.807) is 0 Å². The molecule has 0 saturated heterocycles. The number of rotatable bonds is 25. The maximum Gasteiger partial charge on any atom is 0.0697 e. The molecule has 0 rings (SSSR count). The van der Waals surface area contributed by atoms with Gasteiger partial charge in [0, 0.05) is 6.61 Å². The van der Waals surface area contributed by atoms with Crippen LogP contribution in [0.15, 0.2) is 0 Å². The summed E-state index contributed by atoms with van der Waals surface area (Å²) in [5, 5.41) is 29.7. The van der Waals surface area contributed by atoms with Crippen LogP contribution in [0.25, 0.3) is 0 Å². The van der Waals surface area contributed by atoms with Crippen molar-refractivity contribution >= 4 is 0 Å². The smallest absolute Gasteiger partial charge is 0.0697 e. The predicted molar refractivity (Wildman–Crippen MR) is 142 cm³/mol. The van der Waals surface area contributed by atoms with Crippen molar-refractivity contribution in [3.63, 3.8) is 0 Å². The quantitative estimate of drug-likeness (QED) is 0.122. The Balaban J connectivity index is 4.07. The fourth-order valence-corrected chi connectivity index (χ4v) is 4.55. The topological polar surface area (TPSA) is 69.9 Å². The summed E-state index contributed by atoms with van der Waals surface area (Å²) in [5.41, 5.74) is -0.937. The maximum absolute atomic E-state index is 9.89. The van der Waals surface area contributed by atoms with Gasteiger partial charge in [-0.1, -0.05) is 124 Å². The summed E-state index contributed by atoms with van der Waals surface area (Å²) in [7, 11) is 0. The first-order chi connectivity index (χ1) is 15.9. The van der Waals surface area contributed by atoms with E-state index in [1.807, 2.05) is 0 Å². The summed E-state index contributed by atoms with van der Waals surface area (Å²) in [6.07, 6.45) is 20.6. The molecule has 33 heavy (non-hydrogen) atoms. The van der Waals surface area contributed by atoms with Gasteiger partial charge in [-0.05, 0) is 24.7 Å². The molecule has 0 saturated carbocycles. The molecule has 0 aromatic rings. The summed E-state index contributed by atoms with van der Waals surface area (Å²) < 4.78 is 6.15. The third kappa shape index (κ3) is 17.9. The zero-order valence-electron chi connectivity index (χ0n) is 22.8. The first-order valence-corrected chi connectivity index (χ1v) is 14.4. The highest BCUT2D eigenvalue weighted by molar-refractivity contribution is 4.86. The van der Waals surface area contributed by atoms with Crippen molar-refractivity contribution in [2.45, 2.75) is 143 Å². The highest BCUT2D eigenvalue weighted by Crippen LogP contribution is 2.28. The number of hydrogen-bond donors (Lipinski definition) is 3. The third-order valence-corrected chi connectivity index (χ3v) is 7.12. The number of hydrogen-bond acceptors (Lipinski definition) is 4. The lowest BCUT2D eigenvalue weighted by Crippen LogP contribution is -2.46. The lowest BCUT2D eigenvalue weighted by atomic mass is 9.81.